The SMILES string of the molecule is O=C(Cc1ccc(F)cc1Cl)N1C[C@H]2CN(C(=O)C3CCC3)C[C@@]2(CO)C1. The number of carbonyl (C=O) groups excluding carboxylic acids is 2. The lowest BCUT2D eigenvalue weighted by molar-refractivity contribution is -0.138. The summed E-state index contributed by atoms with van der Waals surface area (Å²) in [7, 11) is 0. The molecule has 0 aromatic heterocycles. The molecule has 1 aliphatic carbocycles. The highest BCUT2D eigenvalue weighted by Crippen LogP contribution is 2.43. The minimum absolute atomic E-state index is 0.0345. The molecule has 1 N–H and O–H groups in total. The van der Waals surface area contributed by atoms with Gasteiger partial charge >= 0.3 is 0 Å². The number of benzene rings is 1. The van der Waals surface area contributed by atoms with E-state index < -0.39 is 11.2 Å². The fourth-order valence-electron chi connectivity index (χ4n) is 4.61. The van der Waals surface area contributed by atoms with Crippen molar-refractivity contribution in [1.82, 2.24) is 9.80 Å². The number of amides is 2. The van der Waals surface area contributed by atoms with Gasteiger partial charge in [0.1, 0.15) is 5.82 Å². The number of aliphatic hydroxyl groups is 1. The zero-order valence-electron chi connectivity index (χ0n) is 15.2. The average molecular weight is 395 g/mol. The standard InChI is InChI=1S/C20H24ClFN2O3/c21-17-7-16(22)5-4-14(17)6-18(26)23-8-15-9-24(11-20(15,10-23)12-25)19(27)13-2-1-3-13/h4-5,7,13,15,25H,1-3,6,8-12H2/t15-,20+/m0/s1. The molecular formula is C20H24ClFN2O3. The Labute approximate surface area is 163 Å². The zero-order chi connectivity index (χ0) is 19.2. The van der Waals surface area contributed by atoms with E-state index in [4.69, 9.17) is 11.6 Å². The van der Waals surface area contributed by atoms with Crippen LogP contribution in [0.25, 0.3) is 0 Å². The summed E-state index contributed by atoms with van der Waals surface area (Å²) in [5.41, 5.74) is 0.168. The molecule has 1 saturated carbocycles. The number of nitrogens with zero attached hydrogens (tertiary/aromatic N) is 2. The van der Waals surface area contributed by atoms with E-state index >= 15 is 0 Å². The van der Waals surface area contributed by atoms with E-state index in [2.05, 4.69) is 0 Å². The van der Waals surface area contributed by atoms with Gasteiger partial charge in [-0.1, -0.05) is 24.1 Å². The molecule has 1 aromatic carbocycles. The largest absolute Gasteiger partial charge is 0.396 e. The molecule has 0 spiro atoms. The molecule has 2 aliphatic heterocycles. The molecule has 27 heavy (non-hydrogen) atoms. The number of aliphatic hydroxyl groups excluding tert-OH is 1. The lowest BCUT2D eigenvalue weighted by Crippen LogP contribution is -2.43. The normalized spacial score (nSPS) is 27.6. The van der Waals surface area contributed by atoms with Crippen LogP contribution < -0.4 is 0 Å². The minimum Gasteiger partial charge on any atom is -0.396 e. The zero-order valence-corrected chi connectivity index (χ0v) is 15.9. The van der Waals surface area contributed by atoms with Gasteiger partial charge in [0.2, 0.25) is 11.8 Å². The van der Waals surface area contributed by atoms with Crippen LogP contribution >= 0.6 is 11.6 Å². The summed E-state index contributed by atoms with van der Waals surface area (Å²) in [5, 5.41) is 10.3. The van der Waals surface area contributed by atoms with Crippen LogP contribution in [0.2, 0.25) is 5.02 Å². The number of hydrogen-bond donors (Lipinski definition) is 1. The van der Waals surface area contributed by atoms with Gasteiger partial charge < -0.3 is 14.9 Å². The molecule has 5 nitrogen and oxygen atoms in total. The van der Waals surface area contributed by atoms with Crippen molar-refractivity contribution in [3.8, 4) is 0 Å². The second kappa shape index (κ2) is 7.06. The second-order valence-corrected chi connectivity index (χ2v) is 8.66. The van der Waals surface area contributed by atoms with Gasteiger partial charge in [-0.2, -0.15) is 0 Å². The summed E-state index contributed by atoms with van der Waals surface area (Å²) in [5.74, 6) is -0.0542. The first-order chi connectivity index (χ1) is 12.9. The van der Waals surface area contributed by atoms with Crippen molar-refractivity contribution in [2.45, 2.75) is 25.7 Å². The minimum atomic E-state index is -0.429. The molecule has 1 aromatic rings. The number of carbonyl (C=O) groups is 2. The van der Waals surface area contributed by atoms with Crippen LogP contribution in [0.5, 0.6) is 0 Å². The van der Waals surface area contributed by atoms with Crippen molar-refractivity contribution >= 4 is 23.4 Å². The quantitative estimate of drug-likeness (QED) is 0.850. The van der Waals surface area contributed by atoms with Gasteiger partial charge in [-0.3, -0.25) is 9.59 Å². The van der Waals surface area contributed by atoms with Gasteiger partial charge in [-0.15, -0.1) is 0 Å². The monoisotopic (exact) mass is 394 g/mol. The molecule has 0 radical (unpaired) electrons. The van der Waals surface area contributed by atoms with E-state index in [0.717, 1.165) is 19.3 Å². The lowest BCUT2D eigenvalue weighted by Gasteiger charge is -2.32. The van der Waals surface area contributed by atoms with Crippen LogP contribution in [0.15, 0.2) is 18.2 Å². The van der Waals surface area contributed by atoms with Gasteiger partial charge in [-0.25, -0.2) is 4.39 Å². The van der Waals surface area contributed by atoms with Gasteiger partial charge in [0, 0.05) is 48.5 Å². The Morgan fingerprint density at radius 3 is 2.52 bits per heavy atom. The number of hydrogen-bond acceptors (Lipinski definition) is 3. The van der Waals surface area contributed by atoms with Crippen LogP contribution in [0, 0.1) is 23.1 Å². The van der Waals surface area contributed by atoms with Crippen molar-refractivity contribution < 1.29 is 19.1 Å². The Kier molecular flexibility index (Phi) is 4.89. The third-order valence-corrected chi connectivity index (χ3v) is 6.90. The molecule has 3 aliphatic rings. The fourth-order valence-corrected chi connectivity index (χ4v) is 4.85. The number of rotatable bonds is 4. The van der Waals surface area contributed by atoms with Crippen LogP contribution in [0.4, 0.5) is 4.39 Å². The molecule has 2 amide bonds. The third kappa shape index (κ3) is 3.34. The average Bonchev–Trinajstić information content (AvgIpc) is 3.10. The van der Waals surface area contributed by atoms with Crippen molar-refractivity contribution in [3.05, 3.63) is 34.6 Å². The topological polar surface area (TPSA) is 60.9 Å². The lowest BCUT2D eigenvalue weighted by atomic mass is 9.82. The van der Waals surface area contributed by atoms with E-state index in [9.17, 15) is 19.1 Å². The molecule has 0 bridgehead atoms. The molecule has 0 unspecified atom stereocenters. The molecule has 146 valence electrons. The van der Waals surface area contributed by atoms with E-state index in [1.807, 2.05) is 4.90 Å². The van der Waals surface area contributed by atoms with E-state index in [0.29, 0.717) is 31.7 Å². The van der Waals surface area contributed by atoms with Crippen LogP contribution in [-0.4, -0.2) is 59.5 Å². The van der Waals surface area contributed by atoms with Crippen molar-refractivity contribution in [2.75, 3.05) is 32.8 Å². The van der Waals surface area contributed by atoms with E-state index in [1.54, 1.807) is 4.90 Å². The van der Waals surface area contributed by atoms with Gasteiger partial charge in [0.05, 0.1) is 13.0 Å². The highest BCUT2D eigenvalue weighted by Gasteiger charge is 2.54. The highest BCUT2D eigenvalue weighted by molar-refractivity contribution is 6.31. The Bertz CT molecular complexity index is 770. The number of likely N-dealkylation sites (tertiary alicyclic amines) is 2. The maximum atomic E-state index is 13.2. The van der Waals surface area contributed by atoms with Crippen LogP contribution in [0.3, 0.4) is 0 Å². The Hall–Kier alpha value is -1.66. The predicted octanol–water partition coefficient (Wildman–Crippen LogP) is 2.10. The maximum Gasteiger partial charge on any atom is 0.227 e. The Morgan fingerprint density at radius 2 is 1.93 bits per heavy atom. The summed E-state index contributed by atoms with van der Waals surface area (Å²) in [6.45, 7) is 2.07. The summed E-state index contributed by atoms with van der Waals surface area (Å²) >= 11 is 6.04. The first-order valence-electron chi connectivity index (χ1n) is 9.53. The Morgan fingerprint density at radius 1 is 1.22 bits per heavy atom. The molecule has 3 fully saturated rings. The Balaban J connectivity index is 1.41. The molecule has 4 rings (SSSR count). The molecule has 2 atom stereocenters. The van der Waals surface area contributed by atoms with Crippen molar-refractivity contribution in [1.29, 1.82) is 0 Å². The molecule has 2 heterocycles. The summed E-state index contributed by atoms with van der Waals surface area (Å²) < 4.78 is 13.2. The summed E-state index contributed by atoms with van der Waals surface area (Å²) in [4.78, 5) is 28.9. The van der Waals surface area contributed by atoms with Crippen LogP contribution in [-0.2, 0) is 16.0 Å². The molecular weight excluding hydrogens is 371 g/mol. The van der Waals surface area contributed by atoms with E-state index in [-0.39, 0.29) is 41.7 Å². The fraction of sp³-hybridized carbons (Fsp3) is 0.600. The summed E-state index contributed by atoms with van der Waals surface area (Å²) in [6, 6.07) is 4.04. The number of halogens is 2. The predicted molar refractivity (Wildman–Crippen MR) is 98.6 cm³/mol. The third-order valence-electron chi connectivity index (χ3n) is 6.55. The van der Waals surface area contributed by atoms with Crippen LogP contribution in [0.1, 0.15) is 24.8 Å². The van der Waals surface area contributed by atoms with E-state index in [1.165, 1.54) is 18.2 Å². The van der Waals surface area contributed by atoms with Crippen molar-refractivity contribution in [2.24, 2.45) is 17.3 Å². The number of fused-ring (bicyclic) bond motifs is 1. The first kappa shape index (κ1) is 18.7. The summed E-state index contributed by atoms with van der Waals surface area (Å²) in [6.07, 6.45) is 3.16. The molecule has 2 saturated heterocycles. The van der Waals surface area contributed by atoms with Crippen molar-refractivity contribution in [3.63, 3.8) is 0 Å². The smallest absolute Gasteiger partial charge is 0.227 e. The van der Waals surface area contributed by atoms with Gasteiger partial charge in [-0.05, 0) is 30.5 Å². The van der Waals surface area contributed by atoms with Gasteiger partial charge in [0.25, 0.3) is 0 Å². The molecule has 7 heteroatoms. The van der Waals surface area contributed by atoms with Gasteiger partial charge in [0.15, 0.2) is 0 Å². The first-order valence-corrected chi connectivity index (χ1v) is 9.91. The second-order valence-electron chi connectivity index (χ2n) is 8.25. The maximum absolute atomic E-state index is 13.2. The highest BCUT2D eigenvalue weighted by atomic mass is 35.5.